The van der Waals surface area contributed by atoms with Gasteiger partial charge in [-0.15, -0.1) is 0 Å². The van der Waals surface area contributed by atoms with E-state index >= 15 is 0 Å². The normalized spacial score (nSPS) is 19.4. The maximum Gasteiger partial charge on any atom is 0.261 e. The predicted octanol–water partition coefficient (Wildman–Crippen LogP) is 1.39. The van der Waals surface area contributed by atoms with E-state index in [9.17, 15) is 9.59 Å². The van der Waals surface area contributed by atoms with Gasteiger partial charge in [0.2, 0.25) is 0 Å². The predicted molar refractivity (Wildman–Crippen MR) is 68.7 cm³/mol. The molecule has 2 N–H and O–H groups in total. The number of H-pyrrole nitrogens is 1. The number of rotatable bonds is 3. The molecule has 1 saturated carbocycles. The van der Waals surface area contributed by atoms with Gasteiger partial charge in [-0.2, -0.15) is 0 Å². The van der Waals surface area contributed by atoms with Gasteiger partial charge in [-0.1, -0.05) is 0 Å². The van der Waals surface area contributed by atoms with E-state index in [1.54, 1.807) is 6.07 Å². The molecule has 0 saturated heterocycles. The van der Waals surface area contributed by atoms with Crippen LogP contribution in [-0.4, -0.2) is 16.9 Å². The zero-order valence-electron chi connectivity index (χ0n) is 10.6. The number of hydrogen-bond acceptors (Lipinski definition) is 2. The van der Waals surface area contributed by atoms with Crippen LogP contribution in [0.3, 0.4) is 0 Å². The summed E-state index contributed by atoms with van der Waals surface area (Å²) < 4.78 is 0. The number of aromatic amines is 1. The molecule has 96 valence electrons. The smallest absolute Gasteiger partial charge is 0.261 e. The van der Waals surface area contributed by atoms with Crippen LogP contribution >= 0.6 is 0 Å². The summed E-state index contributed by atoms with van der Waals surface area (Å²) in [4.78, 5) is 26.8. The molecule has 1 atom stereocenters. The number of carbonyl (C=O) groups is 1. The van der Waals surface area contributed by atoms with Gasteiger partial charge in [0.05, 0.1) is 0 Å². The van der Waals surface area contributed by atoms with Crippen LogP contribution in [0.5, 0.6) is 0 Å². The molecule has 0 aliphatic heterocycles. The first kappa shape index (κ1) is 11.5. The van der Waals surface area contributed by atoms with Crippen molar-refractivity contribution in [2.75, 3.05) is 0 Å². The first-order valence-electron chi connectivity index (χ1n) is 6.71. The lowest BCUT2D eigenvalue weighted by atomic mass is 10.1. The molecule has 3 rings (SSSR count). The highest BCUT2D eigenvalue weighted by molar-refractivity contribution is 5.94. The van der Waals surface area contributed by atoms with Crippen molar-refractivity contribution in [1.29, 1.82) is 0 Å². The average molecular weight is 246 g/mol. The van der Waals surface area contributed by atoms with E-state index in [0.717, 1.165) is 30.5 Å². The maximum atomic E-state index is 12.1. The minimum atomic E-state index is -0.254. The minimum absolute atomic E-state index is 0.171. The Morgan fingerprint density at radius 2 is 2.22 bits per heavy atom. The number of aryl methyl sites for hydroxylation is 2. The van der Waals surface area contributed by atoms with Gasteiger partial charge in [-0.25, -0.2) is 0 Å². The molecular weight excluding hydrogens is 228 g/mol. The Labute approximate surface area is 106 Å². The Morgan fingerprint density at radius 1 is 1.44 bits per heavy atom. The third-order valence-corrected chi connectivity index (χ3v) is 4.02. The molecule has 1 aromatic rings. The number of aromatic nitrogens is 1. The Hall–Kier alpha value is -1.58. The van der Waals surface area contributed by atoms with Gasteiger partial charge in [0.1, 0.15) is 5.56 Å². The van der Waals surface area contributed by atoms with E-state index in [4.69, 9.17) is 0 Å². The summed E-state index contributed by atoms with van der Waals surface area (Å²) in [6.07, 6.45) is 5.31. The number of nitrogens with one attached hydrogen (secondary N) is 2. The number of hydrogen-bond donors (Lipinski definition) is 2. The molecule has 0 bridgehead atoms. The fourth-order valence-electron chi connectivity index (χ4n) is 2.68. The van der Waals surface area contributed by atoms with Crippen LogP contribution in [0.4, 0.5) is 0 Å². The van der Waals surface area contributed by atoms with Crippen molar-refractivity contribution in [3.63, 3.8) is 0 Å². The van der Waals surface area contributed by atoms with Crippen molar-refractivity contribution in [1.82, 2.24) is 10.3 Å². The highest BCUT2D eigenvalue weighted by Crippen LogP contribution is 2.32. The molecule has 2 aliphatic carbocycles. The van der Waals surface area contributed by atoms with E-state index in [0.29, 0.717) is 5.92 Å². The molecule has 0 spiro atoms. The van der Waals surface area contributed by atoms with E-state index in [1.165, 1.54) is 12.8 Å². The topological polar surface area (TPSA) is 62.0 Å². The van der Waals surface area contributed by atoms with Crippen LogP contribution in [0, 0.1) is 5.92 Å². The zero-order chi connectivity index (χ0) is 12.7. The van der Waals surface area contributed by atoms with Gasteiger partial charge in [0.15, 0.2) is 0 Å². The van der Waals surface area contributed by atoms with Crippen LogP contribution < -0.4 is 10.9 Å². The van der Waals surface area contributed by atoms with Gasteiger partial charge in [0, 0.05) is 11.7 Å². The molecule has 18 heavy (non-hydrogen) atoms. The second-order valence-corrected chi connectivity index (χ2v) is 5.47. The van der Waals surface area contributed by atoms with E-state index in [2.05, 4.69) is 10.3 Å². The molecule has 1 amide bonds. The fourth-order valence-corrected chi connectivity index (χ4v) is 2.68. The first-order valence-corrected chi connectivity index (χ1v) is 6.71. The molecule has 2 aliphatic rings. The lowest BCUT2D eigenvalue weighted by Crippen LogP contribution is -2.37. The quantitative estimate of drug-likeness (QED) is 0.846. The number of fused-ring (bicyclic) bond motifs is 1. The van der Waals surface area contributed by atoms with Crippen LogP contribution in [-0.2, 0) is 12.8 Å². The van der Waals surface area contributed by atoms with Crippen molar-refractivity contribution in [2.24, 2.45) is 5.92 Å². The van der Waals surface area contributed by atoms with Crippen molar-refractivity contribution >= 4 is 5.91 Å². The van der Waals surface area contributed by atoms with Gasteiger partial charge < -0.3 is 10.3 Å². The van der Waals surface area contributed by atoms with Crippen LogP contribution in [0.15, 0.2) is 10.9 Å². The summed E-state index contributed by atoms with van der Waals surface area (Å²) in [5.41, 5.74) is 2.14. The van der Waals surface area contributed by atoms with Gasteiger partial charge in [0.25, 0.3) is 11.5 Å². The van der Waals surface area contributed by atoms with E-state index in [-0.39, 0.29) is 23.1 Å². The Kier molecular flexibility index (Phi) is 2.73. The van der Waals surface area contributed by atoms with Crippen molar-refractivity contribution in [2.45, 2.75) is 45.1 Å². The minimum Gasteiger partial charge on any atom is -0.349 e. The molecular formula is C14H18N2O2. The molecule has 0 unspecified atom stereocenters. The second-order valence-electron chi connectivity index (χ2n) is 5.47. The third kappa shape index (κ3) is 2.07. The fraction of sp³-hybridized carbons (Fsp3) is 0.571. The molecule has 4 nitrogen and oxygen atoms in total. The summed E-state index contributed by atoms with van der Waals surface area (Å²) in [5.74, 6) is 0.368. The van der Waals surface area contributed by atoms with Crippen LogP contribution in [0.1, 0.15) is 47.8 Å². The number of carbonyl (C=O) groups excluding carboxylic acids is 1. The molecule has 4 heteroatoms. The van der Waals surface area contributed by atoms with Gasteiger partial charge in [-0.3, -0.25) is 9.59 Å². The van der Waals surface area contributed by atoms with Crippen LogP contribution in [0.25, 0.3) is 0 Å². The number of pyridine rings is 1. The summed E-state index contributed by atoms with van der Waals surface area (Å²) in [6, 6.07) is 1.95. The highest BCUT2D eigenvalue weighted by atomic mass is 16.2. The van der Waals surface area contributed by atoms with Gasteiger partial charge in [-0.05, 0) is 56.6 Å². The van der Waals surface area contributed by atoms with Crippen molar-refractivity contribution < 1.29 is 4.79 Å². The van der Waals surface area contributed by atoms with E-state index < -0.39 is 0 Å². The lowest BCUT2D eigenvalue weighted by Gasteiger charge is -2.12. The molecule has 1 heterocycles. The Balaban J connectivity index is 1.82. The first-order chi connectivity index (χ1) is 8.65. The molecule has 1 fully saturated rings. The standard InChI is InChI=1S/C14H18N2O2/c1-8(9-5-6-9)15-13(17)11-7-10-3-2-4-12(10)16-14(11)18/h7-9H,2-6H2,1H3,(H,15,17)(H,16,18)/t8-/m0/s1. The maximum absolute atomic E-state index is 12.1. The Morgan fingerprint density at radius 3 is 2.94 bits per heavy atom. The van der Waals surface area contributed by atoms with Crippen molar-refractivity contribution in [3.05, 3.63) is 33.2 Å². The van der Waals surface area contributed by atoms with Gasteiger partial charge >= 0.3 is 0 Å². The van der Waals surface area contributed by atoms with Crippen molar-refractivity contribution in [3.8, 4) is 0 Å². The monoisotopic (exact) mass is 246 g/mol. The molecule has 0 aromatic carbocycles. The highest BCUT2D eigenvalue weighted by Gasteiger charge is 2.29. The van der Waals surface area contributed by atoms with Crippen LogP contribution in [0.2, 0.25) is 0 Å². The molecule has 0 radical (unpaired) electrons. The zero-order valence-corrected chi connectivity index (χ0v) is 10.6. The number of amides is 1. The summed E-state index contributed by atoms with van der Waals surface area (Å²) in [7, 11) is 0. The summed E-state index contributed by atoms with van der Waals surface area (Å²) >= 11 is 0. The van der Waals surface area contributed by atoms with E-state index in [1.807, 2.05) is 6.92 Å². The lowest BCUT2D eigenvalue weighted by molar-refractivity contribution is 0.0934. The third-order valence-electron chi connectivity index (χ3n) is 4.02. The molecule has 1 aromatic heterocycles. The summed E-state index contributed by atoms with van der Waals surface area (Å²) in [6.45, 7) is 2.01. The summed E-state index contributed by atoms with van der Waals surface area (Å²) in [5, 5.41) is 2.93. The SMILES string of the molecule is C[C@H](NC(=O)c1cc2c([nH]c1=O)CCC2)C1CC1. The Bertz CT molecular complexity index is 543. The average Bonchev–Trinajstić information content (AvgIpc) is 3.08. The largest absolute Gasteiger partial charge is 0.349 e. The second kappa shape index (κ2) is 4.26.